The van der Waals surface area contributed by atoms with Gasteiger partial charge in [0.1, 0.15) is 24.3 Å². The minimum absolute atomic E-state index is 0.0369. The molecule has 1 aliphatic rings. The number of aromatic hydroxyl groups is 1. The van der Waals surface area contributed by atoms with Crippen molar-refractivity contribution in [3.05, 3.63) is 95.6 Å². The van der Waals surface area contributed by atoms with Crippen LogP contribution in [0.4, 0.5) is 5.82 Å². The molecule has 61 heavy (non-hydrogen) atoms. The van der Waals surface area contributed by atoms with Crippen molar-refractivity contribution in [2.45, 2.75) is 58.3 Å². The number of carbonyl (C=O) groups is 2. The maximum Gasteiger partial charge on any atom is 0.254 e. The second-order valence-corrected chi connectivity index (χ2v) is 15.8. The number of hydrogen-bond donors (Lipinski definition) is 4. The predicted octanol–water partition coefficient (Wildman–Crippen LogP) is 4.84. The highest BCUT2D eigenvalue weighted by Crippen LogP contribution is 2.34. The number of aliphatic hydroxyl groups excluding tert-OH is 1. The van der Waals surface area contributed by atoms with Gasteiger partial charge in [-0.05, 0) is 47.3 Å². The average molecular weight is 852 g/mol. The first-order valence-electron chi connectivity index (χ1n) is 20.0. The summed E-state index contributed by atoms with van der Waals surface area (Å²) in [6.07, 6.45) is 2.84. The fourth-order valence-electron chi connectivity index (χ4n) is 7.13. The van der Waals surface area contributed by atoms with E-state index < -0.39 is 18.1 Å². The number of nitrogen functional groups attached to an aromatic ring is 1. The van der Waals surface area contributed by atoms with Gasteiger partial charge in [0.25, 0.3) is 5.88 Å². The second kappa shape index (κ2) is 19.9. The molecule has 7 rings (SSSR count). The minimum atomic E-state index is -0.831. The van der Waals surface area contributed by atoms with Gasteiger partial charge in [-0.25, -0.2) is 4.98 Å². The van der Waals surface area contributed by atoms with Gasteiger partial charge in [-0.3, -0.25) is 14.3 Å². The lowest BCUT2D eigenvalue weighted by Gasteiger charge is -2.28. The van der Waals surface area contributed by atoms with Gasteiger partial charge < -0.3 is 44.9 Å². The van der Waals surface area contributed by atoms with Crippen LogP contribution >= 0.6 is 11.3 Å². The predicted molar refractivity (Wildman–Crippen MR) is 226 cm³/mol. The number of anilines is 1. The molecule has 0 radical (unpaired) electrons. The summed E-state index contributed by atoms with van der Waals surface area (Å²) in [7, 11) is 0. The first-order valence-corrected chi connectivity index (χ1v) is 20.9. The number of nitrogens with one attached hydrogen (secondary N) is 1. The molecule has 0 unspecified atom stereocenters. The van der Waals surface area contributed by atoms with Crippen LogP contribution in [0.2, 0.25) is 0 Å². The van der Waals surface area contributed by atoms with Gasteiger partial charge in [-0.1, -0.05) is 50.2 Å². The van der Waals surface area contributed by atoms with E-state index in [1.54, 1.807) is 52.5 Å². The molecule has 2 amide bonds. The second-order valence-electron chi connectivity index (χ2n) is 15.0. The Morgan fingerprint density at radius 1 is 1.00 bits per heavy atom. The highest BCUT2D eigenvalue weighted by atomic mass is 32.1. The maximum atomic E-state index is 14.0. The van der Waals surface area contributed by atoms with Crippen LogP contribution in [0.1, 0.15) is 43.2 Å². The van der Waals surface area contributed by atoms with Crippen molar-refractivity contribution in [3.63, 3.8) is 0 Å². The largest absolute Gasteiger partial charge is 0.507 e. The van der Waals surface area contributed by atoms with E-state index in [1.165, 1.54) is 4.90 Å². The fraction of sp³-hybridized carbons (Fsp3) is 0.372. The summed E-state index contributed by atoms with van der Waals surface area (Å²) in [4.78, 5) is 34.3. The molecule has 1 saturated heterocycles. The number of amides is 2. The number of hydrogen-bond acceptors (Lipinski definition) is 15. The summed E-state index contributed by atoms with van der Waals surface area (Å²) in [5, 5.41) is 40.3. The van der Waals surface area contributed by atoms with E-state index in [9.17, 15) is 19.8 Å². The van der Waals surface area contributed by atoms with Crippen molar-refractivity contribution < 1.29 is 38.5 Å². The lowest BCUT2D eigenvalue weighted by molar-refractivity contribution is -0.141. The van der Waals surface area contributed by atoms with Crippen molar-refractivity contribution in [3.8, 4) is 44.5 Å². The van der Waals surface area contributed by atoms with E-state index >= 15 is 0 Å². The molecule has 18 heteroatoms. The first kappa shape index (κ1) is 42.9. The summed E-state index contributed by atoms with van der Waals surface area (Å²) >= 11 is 1.58. The van der Waals surface area contributed by atoms with Crippen LogP contribution < -0.4 is 15.8 Å². The molecule has 17 nitrogen and oxygen atoms in total. The summed E-state index contributed by atoms with van der Waals surface area (Å²) in [6.45, 7) is 8.12. The Balaban J connectivity index is 0.819. The minimum Gasteiger partial charge on any atom is -0.507 e. The number of rotatable bonds is 19. The summed E-state index contributed by atoms with van der Waals surface area (Å²) in [5.41, 5.74) is 13.3. The fourth-order valence-corrected chi connectivity index (χ4v) is 7.94. The number of phenolic OH excluding ortho intramolecular Hbond substituents is 1. The van der Waals surface area contributed by atoms with Crippen molar-refractivity contribution in [1.29, 1.82) is 0 Å². The smallest absolute Gasteiger partial charge is 0.254 e. The van der Waals surface area contributed by atoms with E-state index in [1.807, 2.05) is 62.8 Å². The zero-order valence-electron chi connectivity index (χ0n) is 34.1. The lowest BCUT2D eigenvalue weighted by Crippen LogP contribution is -2.48. The number of nitrogens with zero attached hydrogens (tertiary/aromatic N) is 7. The number of aliphatic hydroxyl groups is 1. The number of benzene rings is 2. The Labute approximate surface area is 356 Å². The number of phenols is 1. The van der Waals surface area contributed by atoms with Crippen LogP contribution in [0.5, 0.6) is 11.6 Å². The van der Waals surface area contributed by atoms with E-state index in [4.69, 9.17) is 24.5 Å². The van der Waals surface area contributed by atoms with Crippen molar-refractivity contribution in [1.82, 2.24) is 40.3 Å². The molecule has 320 valence electrons. The first-order chi connectivity index (χ1) is 29.5. The molecular formula is C43H49N9O8S. The highest BCUT2D eigenvalue weighted by Gasteiger charge is 2.43. The number of ether oxygens (including phenoxy) is 3. The van der Waals surface area contributed by atoms with E-state index in [0.717, 1.165) is 27.3 Å². The van der Waals surface area contributed by atoms with Gasteiger partial charge in [0.15, 0.2) is 11.6 Å². The third-order valence-electron chi connectivity index (χ3n) is 10.3. The van der Waals surface area contributed by atoms with Gasteiger partial charge in [0, 0.05) is 48.5 Å². The topological polar surface area (TPSA) is 226 Å². The van der Waals surface area contributed by atoms with Crippen LogP contribution in [-0.4, -0.2) is 109 Å². The summed E-state index contributed by atoms with van der Waals surface area (Å²) in [6, 6.07) is 17.3. The monoisotopic (exact) mass is 851 g/mol. The Hall–Kier alpha value is -6.21. The third kappa shape index (κ3) is 10.6. The Morgan fingerprint density at radius 2 is 1.77 bits per heavy atom. The van der Waals surface area contributed by atoms with Gasteiger partial charge >= 0.3 is 0 Å². The quantitative estimate of drug-likeness (QED) is 0.0800. The molecule has 5 N–H and O–H groups in total. The number of aromatic nitrogens is 6. The van der Waals surface area contributed by atoms with Gasteiger partial charge in [0.2, 0.25) is 11.8 Å². The summed E-state index contributed by atoms with van der Waals surface area (Å²) < 4.78 is 24.4. The van der Waals surface area contributed by atoms with Crippen LogP contribution in [0.25, 0.3) is 32.8 Å². The zero-order chi connectivity index (χ0) is 42.9. The number of carbonyl (C=O) groups excluding carboxylic acids is 2. The van der Waals surface area contributed by atoms with Crippen molar-refractivity contribution in [2.24, 2.45) is 5.92 Å². The van der Waals surface area contributed by atoms with Crippen molar-refractivity contribution in [2.75, 3.05) is 45.3 Å². The number of para-hydroxylation sites is 1. The number of β-amino-alcohol motifs (C(OH)–C–C–N with tert-alkyl or cyclic N) is 1. The Morgan fingerprint density at radius 3 is 2.52 bits per heavy atom. The molecule has 1 aliphatic heterocycles. The molecule has 5 heterocycles. The molecule has 0 aliphatic carbocycles. The molecule has 6 aromatic rings. The molecule has 4 aromatic heterocycles. The third-order valence-corrected chi connectivity index (χ3v) is 11.3. The maximum absolute atomic E-state index is 14.0. The highest BCUT2D eigenvalue weighted by molar-refractivity contribution is 7.13. The van der Waals surface area contributed by atoms with Gasteiger partial charge in [0.05, 0.1) is 67.0 Å². The van der Waals surface area contributed by atoms with Crippen LogP contribution in [0.15, 0.2) is 83.1 Å². The van der Waals surface area contributed by atoms with E-state index in [0.29, 0.717) is 48.9 Å². The van der Waals surface area contributed by atoms with Crippen molar-refractivity contribution >= 4 is 29.0 Å². The molecule has 0 spiro atoms. The van der Waals surface area contributed by atoms with Crippen LogP contribution in [-0.2, 0) is 32.2 Å². The number of nitrogens with two attached hydrogens (primary N) is 1. The SMILES string of the molecule is Cc1ncsc1-c1ccc(CNC(=O)[C@@H]2C[C@@H](O)CN2C(=O)[C@@H](c2cc(OCCOCCOCCn3cc(-c4cc(-c5ccccc5O)nnc4N)cn3)no2)C(C)C)cc1. The van der Waals surface area contributed by atoms with Crippen LogP contribution in [0.3, 0.4) is 0 Å². The Kier molecular flexibility index (Phi) is 14.0. The number of thiazole rings is 1. The average Bonchev–Trinajstić information content (AvgIpc) is 4.08. The molecular weight excluding hydrogens is 803 g/mol. The normalized spacial score (nSPS) is 15.7. The molecule has 1 fully saturated rings. The Bertz CT molecular complexity index is 2400. The molecule has 3 atom stereocenters. The van der Waals surface area contributed by atoms with Gasteiger partial charge in [-0.2, -0.15) is 5.10 Å². The molecule has 0 bridgehead atoms. The number of likely N-dealkylation sites (tertiary alicyclic amines) is 1. The molecule has 2 aromatic carbocycles. The number of aryl methyl sites for hydroxylation is 1. The van der Waals surface area contributed by atoms with E-state index in [2.05, 4.69) is 30.8 Å². The van der Waals surface area contributed by atoms with Crippen LogP contribution in [0, 0.1) is 12.8 Å². The van der Waals surface area contributed by atoms with E-state index in [-0.39, 0.29) is 67.9 Å². The standard InChI is InChI=1S/C43H49N9O8S/c1-26(2)39(43(56)52-24-31(53)18-35(52)42(55)45-21-28-8-10-29(11-9-28)40-27(3)46-25-61-40)37-20-38(50-60-37)59-17-16-58-15-14-57-13-12-51-23-30(22-47-51)33-19-34(48-49-41(33)44)32-6-4-5-7-36(32)54/h4-11,19-20,22-23,25-26,31,35,39,53-54H,12-18,21,24H2,1-3H3,(H2,44,49)(H,45,55)/t31-,35+,39-/m1/s1. The lowest BCUT2D eigenvalue weighted by atomic mass is 9.91. The molecule has 0 saturated carbocycles. The zero-order valence-corrected chi connectivity index (χ0v) is 35.0. The van der Waals surface area contributed by atoms with Gasteiger partial charge in [-0.15, -0.1) is 21.5 Å². The summed E-state index contributed by atoms with van der Waals surface area (Å²) in [5.74, 6) is -0.738.